The zero-order valence-electron chi connectivity index (χ0n) is 26.4. The lowest BCUT2D eigenvalue weighted by Gasteiger charge is -2.30. The average molecular weight is 778 g/mol. The standard InChI is InChI=1S/C22H37N8O17P3/c1-11(29-35)6-25-13(31)4-5-24-20(34)17(33)22(2,3)8-44-50(41,42)47-49(39,40)43-7-12-16(46-48(36,37)38)15(32)21(45-12)30-10-28-14-18(23)26-9-27-19(14)30/h9-10,12,15-17,21,32-33,35H,4-8H2,1-3H3,(H,24,34)(H,25,31)(H,39,40)(H,41,42)(H2,23,26,27)(H2,36,37,38)/b29-11+. The van der Waals surface area contributed by atoms with Gasteiger partial charge in [-0.05, 0) is 6.92 Å². The highest BCUT2D eigenvalue weighted by molar-refractivity contribution is 7.61. The molecule has 1 aliphatic heterocycles. The Hall–Kier alpha value is -2.99. The third kappa shape index (κ3) is 11.5. The second-order valence-electron chi connectivity index (χ2n) is 11.3. The molecule has 1 aliphatic rings. The number of nitrogen functional groups attached to an aromatic ring is 1. The summed E-state index contributed by atoms with van der Waals surface area (Å²) in [5.74, 6) is -1.54. The van der Waals surface area contributed by atoms with Crippen molar-refractivity contribution in [3.63, 3.8) is 0 Å². The number of phosphoric acid groups is 3. The van der Waals surface area contributed by atoms with Crippen LogP contribution in [-0.2, 0) is 45.9 Å². The van der Waals surface area contributed by atoms with Gasteiger partial charge in [-0.25, -0.2) is 28.6 Å². The average Bonchev–Trinajstić information content (AvgIpc) is 3.57. The number of aliphatic hydroxyl groups is 2. The van der Waals surface area contributed by atoms with E-state index < -0.39 is 84.6 Å². The maximum atomic E-state index is 12.6. The van der Waals surface area contributed by atoms with Gasteiger partial charge in [-0.15, -0.1) is 0 Å². The van der Waals surface area contributed by atoms with E-state index in [1.54, 1.807) is 0 Å². The summed E-state index contributed by atoms with van der Waals surface area (Å²) >= 11 is 0. The molecule has 0 bridgehead atoms. The van der Waals surface area contributed by atoms with Crippen LogP contribution in [0.3, 0.4) is 0 Å². The molecule has 7 unspecified atom stereocenters. The van der Waals surface area contributed by atoms with Gasteiger partial charge in [0.05, 0.1) is 31.8 Å². The SMILES string of the molecule is C/C(CNC(=O)CCNC(=O)C(O)C(C)(C)COP(=O)(O)OP(=O)(O)OCC1OC(n2cnc3c(N)ncnc32)C(O)C1OP(=O)(O)O)=N\O. The van der Waals surface area contributed by atoms with E-state index in [1.807, 2.05) is 0 Å². The highest BCUT2D eigenvalue weighted by atomic mass is 31.3. The first-order valence-electron chi connectivity index (χ1n) is 14.1. The van der Waals surface area contributed by atoms with Crippen LogP contribution < -0.4 is 16.4 Å². The number of imidazole rings is 1. The Morgan fingerprint density at radius 1 is 1.12 bits per heavy atom. The Morgan fingerprint density at radius 3 is 2.42 bits per heavy atom. The van der Waals surface area contributed by atoms with Gasteiger partial charge in [0.1, 0.15) is 36.3 Å². The molecule has 0 saturated carbocycles. The first kappa shape index (κ1) is 41.4. The number of hydrogen-bond donors (Lipinski definition) is 10. The molecule has 28 heteroatoms. The van der Waals surface area contributed by atoms with Crippen LogP contribution in [0.15, 0.2) is 17.8 Å². The van der Waals surface area contributed by atoms with E-state index in [-0.39, 0.29) is 42.2 Å². The number of nitrogens with zero attached hydrogens (tertiary/aromatic N) is 5. The van der Waals surface area contributed by atoms with Crippen molar-refractivity contribution in [2.45, 2.75) is 57.8 Å². The molecule has 2 amide bonds. The van der Waals surface area contributed by atoms with Crippen molar-refractivity contribution in [1.29, 1.82) is 0 Å². The first-order chi connectivity index (χ1) is 23.1. The molecule has 11 N–H and O–H groups in total. The molecule has 50 heavy (non-hydrogen) atoms. The van der Waals surface area contributed by atoms with Gasteiger partial charge in [0.2, 0.25) is 11.8 Å². The van der Waals surface area contributed by atoms with Crippen LogP contribution in [0.2, 0.25) is 0 Å². The van der Waals surface area contributed by atoms with E-state index >= 15 is 0 Å². The van der Waals surface area contributed by atoms with Gasteiger partial charge in [0.25, 0.3) is 0 Å². The molecule has 3 rings (SSSR count). The molecule has 0 aromatic carbocycles. The Balaban J connectivity index is 1.58. The number of phosphoric ester groups is 3. The summed E-state index contributed by atoms with van der Waals surface area (Å²) in [7, 11) is -16.4. The number of aromatic nitrogens is 4. The van der Waals surface area contributed by atoms with Gasteiger partial charge in [-0.3, -0.25) is 27.7 Å². The van der Waals surface area contributed by atoms with Crippen molar-refractivity contribution in [3.05, 3.63) is 12.7 Å². The molecular formula is C22H37N8O17P3. The molecular weight excluding hydrogens is 741 g/mol. The van der Waals surface area contributed by atoms with Crippen molar-refractivity contribution in [2.75, 3.05) is 32.0 Å². The molecule has 25 nitrogen and oxygen atoms in total. The van der Waals surface area contributed by atoms with Crippen molar-refractivity contribution in [1.82, 2.24) is 30.2 Å². The number of hydrogen-bond acceptors (Lipinski definition) is 18. The number of ether oxygens (including phenoxy) is 1. The molecule has 282 valence electrons. The highest BCUT2D eigenvalue weighted by Crippen LogP contribution is 2.61. The molecule has 1 saturated heterocycles. The van der Waals surface area contributed by atoms with Gasteiger partial charge < -0.3 is 56.1 Å². The first-order valence-corrected chi connectivity index (χ1v) is 18.6. The van der Waals surface area contributed by atoms with Crippen molar-refractivity contribution < 1.29 is 80.9 Å². The third-order valence-electron chi connectivity index (χ3n) is 6.79. The Bertz CT molecular complexity index is 1700. The molecule has 7 atom stereocenters. The minimum absolute atomic E-state index is 0.0293. The predicted octanol–water partition coefficient (Wildman–Crippen LogP) is -1.74. The number of nitrogens with two attached hydrogens (primary N) is 1. The van der Waals surface area contributed by atoms with Crippen LogP contribution in [0, 0.1) is 5.41 Å². The van der Waals surface area contributed by atoms with Crippen molar-refractivity contribution >= 4 is 58.0 Å². The van der Waals surface area contributed by atoms with Crippen LogP contribution >= 0.6 is 23.5 Å². The topological polar surface area (TPSA) is 379 Å². The zero-order valence-corrected chi connectivity index (χ0v) is 29.1. The van der Waals surface area contributed by atoms with Crippen LogP contribution in [0.5, 0.6) is 0 Å². The summed E-state index contributed by atoms with van der Waals surface area (Å²) in [5, 5.41) is 37.5. The van der Waals surface area contributed by atoms with Gasteiger partial charge >= 0.3 is 23.5 Å². The normalized spacial score (nSPS) is 23.3. The fraction of sp³-hybridized carbons (Fsp3) is 0.636. The third-order valence-corrected chi connectivity index (χ3v) is 9.89. The Morgan fingerprint density at radius 2 is 1.78 bits per heavy atom. The maximum Gasteiger partial charge on any atom is 0.481 e. The number of carbonyl (C=O) groups is 2. The van der Waals surface area contributed by atoms with Crippen LogP contribution in [-0.4, -0.2) is 123 Å². The number of anilines is 1. The number of nitrogens with one attached hydrogen (secondary N) is 2. The summed E-state index contributed by atoms with van der Waals surface area (Å²) in [6, 6.07) is 0. The number of oxime groups is 1. The van der Waals surface area contributed by atoms with E-state index in [9.17, 15) is 53.1 Å². The largest absolute Gasteiger partial charge is 0.481 e. The fourth-order valence-corrected chi connectivity index (χ4v) is 7.03. The smallest absolute Gasteiger partial charge is 0.411 e. The maximum absolute atomic E-state index is 12.6. The molecule has 0 radical (unpaired) electrons. The summed E-state index contributed by atoms with van der Waals surface area (Å²) in [6.07, 6.45) is -6.95. The lowest BCUT2D eigenvalue weighted by atomic mass is 9.87. The highest BCUT2D eigenvalue weighted by Gasteiger charge is 2.50. The van der Waals surface area contributed by atoms with Gasteiger partial charge in [-0.1, -0.05) is 19.0 Å². The number of amides is 2. The van der Waals surface area contributed by atoms with Gasteiger partial charge in [-0.2, -0.15) is 4.31 Å². The van der Waals surface area contributed by atoms with Gasteiger partial charge in [0.15, 0.2) is 17.7 Å². The number of carbonyl (C=O) groups excluding carboxylic acids is 2. The van der Waals surface area contributed by atoms with E-state index in [4.69, 9.17) is 24.7 Å². The lowest BCUT2D eigenvalue weighted by Crippen LogP contribution is -2.46. The zero-order chi connectivity index (χ0) is 37.7. The number of aliphatic hydroxyl groups excluding tert-OH is 2. The van der Waals surface area contributed by atoms with E-state index in [1.165, 1.54) is 20.8 Å². The molecule has 3 heterocycles. The Labute approximate surface area is 282 Å². The van der Waals surface area contributed by atoms with Crippen molar-refractivity contribution in [3.8, 4) is 0 Å². The molecule has 0 aliphatic carbocycles. The quantitative estimate of drug-likeness (QED) is 0.0347. The molecule has 2 aromatic rings. The van der Waals surface area contributed by atoms with Crippen molar-refractivity contribution in [2.24, 2.45) is 10.6 Å². The number of rotatable bonds is 18. The summed E-state index contributed by atoms with van der Waals surface area (Å²) in [4.78, 5) is 74.9. The van der Waals surface area contributed by atoms with E-state index in [0.717, 1.165) is 17.2 Å². The summed E-state index contributed by atoms with van der Waals surface area (Å²) < 4.78 is 61.7. The van der Waals surface area contributed by atoms with Crippen LogP contribution in [0.1, 0.15) is 33.4 Å². The van der Waals surface area contributed by atoms with E-state index in [2.05, 4.69) is 39.6 Å². The molecule has 0 spiro atoms. The minimum atomic E-state index is -5.56. The van der Waals surface area contributed by atoms with Crippen LogP contribution in [0.4, 0.5) is 5.82 Å². The predicted molar refractivity (Wildman–Crippen MR) is 165 cm³/mol. The number of fused-ring (bicyclic) bond motifs is 1. The second kappa shape index (κ2) is 16.6. The monoisotopic (exact) mass is 778 g/mol. The Kier molecular flexibility index (Phi) is 13.7. The molecule has 2 aromatic heterocycles. The fourth-order valence-electron chi connectivity index (χ4n) is 4.20. The lowest BCUT2D eigenvalue weighted by molar-refractivity contribution is -0.137. The van der Waals surface area contributed by atoms with Gasteiger partial charge in [0, 0.05) is 18.4 Å². The van der Waals surface area contributed by atoms with Crippen LogP contribution in [0.25, 0.3) is 11.2 Å². The molecule has 1 fully saturated rings. The minimum Gasteiger partial charge on any atom is -0.411 e. The summed E-state index contributed by atoms with van der Waals surface area (Å²) in [5.41, 5.74) is 4.48. The second-order valence-corrected chi connectivity index (χ2v) is 15.6. The van der Waals surface area contributed by atoms with E-state index in [0.29, 0.717) is 0 Å². The summed E-state index contributed by atoms with van der Waals surface area (Å²) in [6.45, 7) is 1.66.